The van der Waals surface area contributed by atoms with Crippen molar-refractivity contribution in [2.45, 2.75) is 25.3 Å². The molecule has 0 saturated heterocycles. The second-order valence-corrected chi connectivity index (χ2v) is 2.27. The summed E-state index contributed by atoms with van der Waals surface area (Å²) < 4.78 is 0. The second-order valence-electron chi connectivity index (χ2n) is 2.27. The van der Waals surface area contributed by atoms with Crippen molar-refractivity contribution >= 4 is 6.41 Å². The van der Waals surface area contributed by atoms with Gasteiger partial charge in [-0.3, -0.25) is 4.79 Å². The SMILES string of the molecule is O=CN[C@@H]1CC=CCC1. The normalized spacial score (nSPS) is 25.6. The highest BCUT2D eigenvalue weighted by molar-refractivity contribution is 5.46. The summed E-state index contributed by atoms with van der Waals surface area (Å²) in [6.07, 6.45) is 8.25. The molecule has 0 bridgehead atoms. The molecule has 1 aliphatic carbocycles. The minimum atomic E-state index is 0.396. The molecular formula is C7H11NO. The number of amides is 1. The monoisotopic (exact) mass is 125 g/mol. The fourth-order valence-electron chi connectivity index (χ4n) is 1.04. The summed E-state index contributed by atoms with van der Waals surface area (Å²) in [6, 6.07) is 0.396. The van der Waals surface area contributed by atoms with Gasteiger partial charge in [-0.2, -0.15) is 0 Å². The maximum Gasteiger partial charge on any atom is 0.207 e. The van der Waals surface area contributed by atoms with Gasteiger partial charge < -0.3 is 5.32 Å². The Morgan fingerprint density at radius 1 is 1.56 bits per heavy atom. The molecule has 0 fully saturated rings. The molecule has 0 aromatic rings. The average Bonchev–Trinajstić information content (AvgIpc) is 1.91. The standard InChI is InChI=1S/C7H11NO/c9-6-8-7-4-2-1-3-5-7/h1-2,6-7H,3-5H2,(H,8,9)/t7-/m1/s1. The van der Waals surface area contributed by atoms with Gasteiger partial charge in [-0.15, -0.1) is 0 Å². The lowest BCUT2D eigenvalue weighted by atomic mass is 10.0. The van der Waals surface area contributed by atoms with E-state index >= 15 is 0 Å². The van der Waals surface area contributed by atoms with Crippen LogP contribution in [0.2, 0.25) is 0 Å². The quantitative estimate of drug-likeness (QED) is 0.430. The molecule has 2 nitrogen and oxygen atoms in total. The van der Waals surface area contributed by atoms with Crippen LogP contribution in [0.1, 0.15) is 19.3 Å². The molecule has 1 aliphatic rings. The van der Waals surface area contributed by atoms with Crippen molar-refractivity contribution in [3.63, 3.8) is 0 Å². The molecule has 1 amide bonds. The number of allylic oxidation sites excluding steroid dienone is 1. The summed E-state index contributed by atoms with van der Waals surface area (Å²) in [7, 11) is 0. The Hall–Kier alpha value is -0.790. The van der Waals surface area contributed by atoms with Crippen LogP contribution in [-0.4, -0.2) is 12.5 Å². The Bertz CT molecular complexity index is 120. The van der Waals surface area contributed by atoms with Crippen LogP contribution in [0.25, 0.3) is 0 Å². The third-order valence-corrected chi connectivity index (χ3v) is 1.57. The lowest BCUT2D eigenvalue weighted by Crippen LogP contribution is -2.27. The van der Waals surface area contributed by atoms with Crippen molar-refractivity contribution in [1.82, 2.24) is 5.32 Å². The Morgan fingerprint density at radius 3 is 3.00 bits per heavy atom. The Morgan fingerprint density at radius 2 is 2.44 bits per heavy atom. The van der Waals surface area contributed by atoms with Crippen LogP contribution in [0.15, 0.2) is 12.2 Å². The van der Waals surface area contributed by atoms with Gasteiger partial charge in [-0.05, 0) is 19.3 Å². The molecule has 0 aliphatic heterocycles. The molecule has 1 atom stereocenters. The van der Waals surface area contributed by atoms with Gasteiger partial charge in [0.25, 0.3) is 0 Å². The highest BCUT2D eigenvalue weighted by Gasteiger charge is 2.06. The van der Waals surface area contributed by atoms with Crippen molar-refractivity contribution in [3.05, 3.63) is 12.2 Å². The Labute approximate surface area is 54.9 Å². The van der Waals surface area contributed by atoms with E-state index in [1.54, 1.807) is 0 Å². The van der Waals surface area contributed by atoms with Crippen molar-refractivity contribution in [3.8, 4) is 0 Å². The van der Waals surface area contributed by atoms with Gasteiger partial charge in [0.15, 0.2) is 0 Å². The first kappa shape index (κ1) is 6.33. The molecule has 1 N–H and O–H groups in total. The van der Waals surface area contributed by atoms with E-state index in [4.69, 9.17) is 0 Å². The van der Waals surface area contributed by atoms with E-state index < -0.39 is 0 Å². The molecular weight excluding hydrogens is 114 g/mol. The van der Waals surface area contributed by atoms with Crippen LogP contribution in [0, 0.1) is 0 Å². The first-order valence-corrected chi connectivity index (χ1v) is 3.28. The number of hydrogen-bond donors (Lipinski definition) is 1. The maximum absolute atomic E-state index is 9.94. The maximum atomic E-state index is 9.94. The number of carbonyl (C=O) groups excluding carboxylic acids is 1. The molecule has 2 heteroatoms. The fourth-order valence-corrected chi connectivity index (χ4v) is 1.04. The molecule has 0 aromatic heterocycles. The van der Waals surface area contributed by atoms with Gasteiger partial charge in [0.2, 0.25) is 6.41 Å². The van der Waals surface area contributed by atoms with E-state index in [2.05, 4.69) is 17.5 Å². The first-order valence-electron chi connectivity index (χ1n) is 3.28. The van der Waals surface area contributed by atoms with Crippen LogP contribution in [0.3, 0.4) is 0 Å². The third-order valence-electron chi connectivity index (χ3n) is 1.57. The lowest BCUT2D eigenvalue weighted by Gasteiger charge is -2.15. The minimum Gasteiger partial charge on any atom is -0.356 e. The van der Waals surface area contributed by atoms with E-state index in [9.17, 15) is 4.79 Å². The zero-order chi connectivity index (χ0) is 6.53. The number of hydrogen-bond acceptors (Lipinski definition) is 1. The van der Waals surface area contributed by atoms with E-state index in [1.165, 1.54) is 0 Å². The summed E-state index contributed by atoms with van der Waals surface area (Å²) in [5.41, 5.74) is 0. The number of carbonyl (C=O) groups is 1. The van der Waals surface area contributed by atoms with Crippen LogP contribution in [0.5, 0.6) is 0 Å². The second kappa shape index (κ2) is 3.28. The molecule has 50 valence electrons. The summed E-state index contributed by atoms with van der Waals surface area (Å²) in [5.74, 6) is 0. The van der Waals surface area contributed by atoms with E-state index in [1.807, 2.05) is 0 Å². The molecule has 0 saturated carbocycles. The smallest absolute Gasteiger partial charge is 0.207 e. The Balaban J connectivity index is 2.26. The van der Waals surface area contributed by atoms with Crippen molar-refractivity contribution < 1.29 is 4.79 Å². The van der Waals surface area contributed by atoms with Crippen molar-refractivity contribution in [1.29, 1.82) is 0 Å². The van der Waals surface area contributed by atoms with Gasteiger partial charge in [-0.1, -0.05) is 12.2 Å². The van der Waals surface area contributed by atoms with E-state index in [0.29, 0.717) is 6.04 Å². The van der Waals surface area contributed by atoms with E-state index in [0.717, 1.165) is 25.7 Å². The largest absolute Gasteiger partial charge is 0.356 e. The number of nitrogens with one attached hydrogen (secondary N) is 1. The highest BCUT2D eigenvalue weighted by atomic mass is 16.1. The zero-order valence-corrected chi connectivity index (χ0v) is 5.34. The fraction of sp³-hybridized carbons (Fsp3) is 0.571. The molecule has 0 heterocycles. The molecule has 0 radical (unpaired) electrons. The van der Waals surface area contributed by atoms with Crippen molar-refractivity contribution in [2.24, 2.45) is 0 Å². The lowest BCUT2D eigenvalue weighted by molar-refractivity contribution is -0.110. The molecule has 9 heavy (non-hydrogen) atoms. The molecule has 1 rings (SSSR count). The van der Waals surface area contributed by atoms with Crippen LogP contribution in [0.4, 0.5) is 0 Å². The van der Waals surface area contributed by atoms with Gasteiger partial charge in [0.1, 0.15) is 0 Å². The summed E-state index contributed by atoms with van der Waals surface area (Å²) in [6.45, 7) is 0. The van der Waals surface area contributed by atoms with Gasteiger partial charge in [0, 0.05) is 6.04 Å². The first-order chi connectivity index (χ1) is 4.43. The highest BCUT2D eigenvalue weighted by Crippen LogP contribution is 2.09. The summed E-state index contributed by atoms with van der Waals surface area (Å²) >= 11 is 0. The summed E-state index contributed by atoms with van der Waals surface area (Å²) in [5, 5.41) is 2.75. The predicted octanol–water partition coefficient (Wildman–Crippen LogP) is 0.841. The van der Waals surface area contributed by atoms with Crippen LogP contribution >= 0.6 is 0 Å². The molecule has 0 aromatic carbocycles. The average molecular weight is 125 g/mol. The topological polar surface area (TPSA) is 29.1 Å². The van der Waals surface area contributed by atoms with E-state index in [-0.39, 0.29) is 0 Å². The molecule has 0 unspecified atom stereocenters. The van der Waals surface area contributed by atoms with Crippen molar-refractivity contribution in [2.75, 3.05) is 0 Å². The summed E-state index contributed by atoms with van der Waals surface area (Å²) in [4.78, 5) is 9.94. The number of rotatable bonds is 2. The van der Waals surface area contributed by atoms with Gasteiger partial charge >= 0.3 is 0 Å². The zero-order valence-electron chi connectivity index (χ0n) is 5.34. The van der Waals surface area contributed by atoms with Gasteiger partial charge in [0.05, 0.1) is 0 Å². The molecule has 0 spiro atoms. The van der Waals surface area contributed by atoms with Crippen LogP contribution in [-0.2, 0) is 4.79 Å². The third kappa shape index (κ3) is 1.88. The van der Waals surface area contributed by atoms with Gasteiger partial charge in [-0.25, -0.2) is 0 Å². The van der Waals surface area contributed by atoms with Crippen LogP contribution < -0.4 is 5.32 Å². The minimum absolute atomic E-state index is 0.396. The Kier molecular flexibility index (Phi) is 2.31. The predicted molar refractivity (Wildman–Crippen MR) is 36.0 cm³/mol.